The first-order chi connectivity index (χ1) is 8.72. The molecule has 0 radical (unpaired) electrons. The molecule has 1 aliphatic rings. The van der Waals surface area contributed by atoms with Crippen LogP contribution in [0, 0.1) is 20.3 Å². The van der Waals surface area contributed by atoms with Crippen molar-refractivity contribution >= 4 is 32.4 Å². The first-order valence-electron chi connectivity index (χ1n) is 5.83. The largest absolute Gasteiger partial charge is 0.384 e. The first-order valence-corrected chi connectivity index (χ1v) is 8.73. The maximum absolute atomic E-state index is 11.7. The molecule has 0 bridgehead atoms. The van der Waals surface area contributed by atoms with Crippen molar-refractivity contribution in [3.63, 3.8) is 0 Å². The van der Waals surface area contributed by atoms with Gasteiger partial charge in [0.05, 0.1) is 17.6 Å². The summed E-state index contributed by atoms with van der Waals surface area (Å²) >= 11 is 2.15. The molecule has 6 heteroatoms. The molecule has 0 aliphatic carbocycles. The van der Waals surface area contributed by atoms with Crippen LogP contribution in [0.2, 0.25) is 0 Å². The number of halogens is 1. The van der Waals surface area contributed by atoms with E-state index in [2.05, 4.69) is 28.7 Å². The molecule has 1 heterocycles. The smallest absolute Gasteiger partial charge is 0.152 e. The minimum absolute atomic E-state index is 0.0406. The number of nitriles is 1. The molecule has 1 aliphatic heterocycles. The van der Waals surface area contributed by atoms with E-state index in [0.29, 0.717) is 5.56 Å². The van der Waals surface area contributed by atoms with Crippen molar-refractivity contribution in [1.82, 2.24) is 0 Å². The molecule has 1 aromatic carbocycles. The predicted octanol–water partition coefficient (Wildman–Crippen LogP) is 1.83. The SMILES string of the molecule is CC(O)(c1ccc(I)cc1)C1(C#N)CCS(=O)(=O)C1. The normalized spacial score (nSPS) is 28.5. The minimum atomic E-state index is -3.25. The Labute approximate surface area is 126 Å². The highest BCUT2D eigenvalue weighted by Gasteiger charge is 2.55. The maximum Gasteiger partial charge on any atom is 0.152 e. The molecule has 1 saturated heterocycles. The topological polar surface area (TPSA) is 78.2 Å². The fourth-order valence-corrected chi connectivity index (χ4v) is 4.89. The maximum atomic E-state index is 11.7. The summed E-state index contributed by atoms with van der Waals surface area (Å²) in [6, 6.07) is 9.20. The van der Waals surface area contributed by atoms with E-state index in [1.54, 1.807) is 12.1 Å². The van der Waals surface area contributed by atoms with Crippen LogP contribution >= 0.6 is 22.6 Å². The van der Waals surface area contributed by atoms with Crippen LogP contribution in [0.15, 0.2) is 24.3 Å². The fraction of sp³-hybridized carbons (Fsp3) is 0.462. The number of rotatable bonds is 2. The highest BCUT2D eigenvalue weighted by Crippen LogP contribution is 2.47. The second-order valence-corrected chi connectivity index (χ2v) is 8.54. The number of nitrogens with zero attached hydrogens (tertiary/aromatic N) is 1. The Morgan fingerprint density at radius 2 is 2.00 bits per heavy atom. The van der Waals surface area contributed by atoms with Crippen molar-refractivity contribution in [2.24, 2.45) is 5.41 Å². The van der Waals surface area contributed by atoms with Gasteiger partial charge in [-0.2, -0.15) is 5.26 Å². The summed E-state index contributed by atoms with van der Waals surface area (Å²) in [5, 5.41) is 20.2. The number of hydrogen-bond donors (Lipinski definition) is 1. The molecule has 0 amide bonds. The minimum Gasteiger partial charge on any atom is -0.384 e. The van der Waals surface area contributed by atoms with Crippen LogP contribution in [0.3, 0.4) is 0 Å². The third-order valence-electron chi connectivity index (χ3n) is 3.86. The van der Waals surface area contributed by atoms with Crippen LogP contribution in [0.1, 0.15) is 18.9 Å². The molecular weight excluding hydrogens is 377 g/mol. The molecule has 2 atom stereocenters. The summed E-state index contributed by atoms with van der Waals surface area (Å²) in [4.78, 5) is 0. The van der Waals surface area contributed by atoms with Crippen LogP contribution in [0.4, 0.5) is 0 Å². The van der Waals surface area contributed by atoms with E-state index in [1.807, 2.05) is 12.1 Å². The van der Waals surface area contributed by atoms with E-state index in [4.69, 9.17) is 0 Å². The second-order valence-electron chi connectivity index (χ2n) is 5.12. The van der Waals surface area contributed by atoms with Gasteiger partial charge >= 0.3 is 0 Å². The van der Waals surface area contributed by atoms with Gasteiger partial charge in [0.2, 0.25) is 0 Å². The lowest BCUT2D eigenvalue weighted by Gasteiger charge is -2.36. The lowest BCUT2D eigenvalue weighted by atomic mass is 9.70. The fourth-order valence-electron chi connectivity index (χ4n) is 2.48. The standard InChI is InChI=1S/C13H14INO3S/c1-12(16,10-2-4-11(14)5-3-10)13(8-15)6-7-19(17,18)9-13/h2-5,16H,6-7,9H2,1H3. The lowest BCUT2D eigenvalue weighted by molar-refractivity contribution is -0.0323. The van der Waals surface area contributed by atoms with Crippen LogP contribution in [0.25, 0.3) is 0 Å². The zero-order chi connectivity index (χ0) is 14.3. The summed E-state index contributed by atoms with van der Waals surface area (Å²) in [6.07, 6.45) is 0.171. The molecule has 0 spiro atoms. The number of benzene rings is 1. The third kappa shape index (κ3) is 2.51. The van der Waals surface area contributed by atoms with Gasteiger partial charge in [-0.15, -0.1) is 0 Å². The van der Waals surface area contributed by atoms with E-state index in [0.717, 1.165) is 3.57 Å². The van der Waals surface area contributed by atoms with Gasteiger partial charge in [-0.25, -0.2) is 8.42 Å². The van der Waals surface area contributed by atoms with Crippen LogP contribution < -0.4 is 0 Å². The van der Waals surface area contributed by atoms with Gasteiger partial charge in [0, 0.05) is 3.57 Å². The van der Waals surface area contributed by atoms with Crippen molar-refractivity contribution < 1.29 is 13.5 Å². The quantitative estimate of drug-likeness (QED) is 0.781. The van der Waals surface area contributed by atoms with E-state index < -0.39 is 20.9 Å². The van der Waals surface area contributed by atoms with E-state index >= 15 is 0 Å². The molecule has 1 aromatic rings. The summed E-state index contributed by atoms with van der Waals surface area (Å²) in [5.74, 6) is -0.323. The predicted molar refractivity (Wildman–Crippen MR) is 80.0 cm³/mol. The van der Waals surface area contributed by atoms with Gasteiger partial charge in [0.25, 0.3) is 0 Å². The molecule has 4 nitrogen and oxygen atoms in total. The zero-order valence-electron chi connectivity index (χ0n) is 10.4. The average molecular weight is 391 g/mol. The molecular formula is C13H14INO3S. The Hall–Kier alpha value is -0.650. The van der Waals surface area contributed by atoms with E-state index in [-0.39, 0.29) is 17.9 Å². The van der Waals surface area contributed by atoms with Crippen molar-refractivity contribution in [3.8, 4) is 6.07 Å². The third-order valence-corrected chi connectivity index (χ3v) is 6.34. The Morgan fingerprint density at radius 3 is 2.42 bits per heavy atom. The molecule has 1 N–H and O–H groups in total. The average Bonchev–Trinajstić information content (AvgIpc) is 2.67. The summed E-state index contributed by atoms with van der Waals surface area (Å²) in [6.45, 7) is 1.53. The molecule has 2 unspecified atom stereocenters. The van der Waals surface area contributed by atoms with Gasteiger partial charge < -0.3 is 5.11 Å². The van der Waals surface area contributed by atoms with Gasteiger partial charge in [0.1, 0.15) is 11.0 Å². The number of hydrogen-bond acceptors (Lipinski definition) is 4. The van der Waals surface area contributed by atoms with Crippen molar-refractivity contribution in [2.45, 2.75) is 18.9 Å². The van der Waals surface area contributed by atoms with Crippen molar-refractivity contribution in [1.29, 1.82) is 5.26 Å². The highest BCUT2D eigenvalue weighted by molar-refractivity contribution is 14.1. The molecule has 2 rings (SSSR count). The highest BCUT2D eigenvalue weighted by atomic mass is 127. The second kappa shape index (κ2) is 4.72. The Balaban J connectivity index is 2.49. The van der Waals surface area contributed by atoms with Gasteiger partial charge in [-0.1, -0.05) is 12.1 Å². The Morgan fingerprint density at radius 1 is 1.42 bits per heavy atom. The van der Waals surface area contributed by atoms with Gasteiger partial charge in [0.15, 0.2) is 9.84 Å². The van der Waals surface area contributed by atoms with Crippen LogP contribution in [-0.2, 0) is 15.4 Å². The van der Waals surface area contributed by atoms with E-state index in [9.17, 15) is 18.8 Å². The number of aliphatic hydroxyl groups is 1. The Kier molecular flexibility index (Phi) is 3.66. The summed E-state index contributed by atoms with van der Waals surface area (Å²) < 4.78 is 24.4. The van der Waals surface area contributed by atoms with Crippen molar-refractivity contribution in [3.05, 3.63) is 33.4 Å². The Bertz CT molecular complexity index is 631. The van der Waals surface area contributed by atoms with Gasteiger partial charge in [-0.05, 0) is 53.6 Å². The molecule has 1 fully saturated rings. The van der Waals surface area contributed by atoms with Gasteiger partial charge in [-0.3, -0.25) is 0 Å². The monoisotopic (exact) mass is 391 g/mol. The first kappa shape index (κ1) is 14.8. The molecule has 19 heavy (non-hydrogen) atoms. The van der Waals surface area contributed by atoms with Crippen molar-refractivity contribution in [2.75, 3.05) is 11.5 Å². The summed E-state index contributed by atoms with van der Waals surface area (Å²) in [7, 11) is -3.25. The van der Waals surface area contributed by atoms with Crippen LogP contribution in [0.5, 0.6) is 0 Å². The molecule has 0 saturated carbocycles. The number of sulfone groups is 1. The molecule has 0 aromatic heterocycles. The zero-order valence-corrected chi connectivity index (χ0v) is 13.4. The van der Waals surface area contributed by atoms with E-state index in [1.165, 1.54) is 6.92 Å². The van der Waals surface area contributed by atoms with Crippen LogP contribution in [-0.4, -0.2) is 25.0 Å². The summed E-state index contributed by atoms with van der Waals surface area (Å²) in [5.41, 5.74) is -2.17. The molecule has 102 valence electrons. The lowest BCUT2D eigenvalue weighted by Crippen LogP contribution is -2.43.